The lowest BCUT2D eigenvalue weighted by atomic mass is 10.1. The molecule has 0 aliphatic rings. The Labute approximate surface area is 204 Å². The van der Waals surface area contributed by atoms with Crippen molar-refractivity contribution < 1.29 is 4.74 Å². The highest BCUT2D eigenvalue weighted by molar-refractivity contribution is 6.31. The Kier molecular flexibility index (Phi) is 11.9. The normalized spacial score (nSPS) is 10.4. The number of benzene rings is 2. The van der Waals surface area contributed by atoms with Crippen molar-refractivity contribution in [1.29, 1.82) is 0 Å². The summed E-state index contributed by atoms with van der Waals surface area (Å²) in [5, 5.41) is 5.16. The maximum absolute atomic E-state index is 6.09. The monoisotopic (exact) mass is 509 g/mol. The fraction of sp³-hybridized carbons (Fsp3) is 0.286. The van der Waals surface area contributed by atoms with Crippen LogP contribution in [0, 0.1) is 0 Å². The van der Waals surface area contributed by atoms with Gasteiger partial charge in [-0.3, -0.25) is 9.88 Å². The summed E-state index contributed by atoms with van der Waals surface area (Å²) in [5.74, 6) is 1.96. The van der Waals surface area contributed by atoms with E-state index >= 15 is 0 Å². The lowest BCUT2D eigenvalue weighted by molar-refractivity contribution is 0.292. The SMILES string of the molecule is COc1ccc(Nc2ccnc3cc(Cl)ccc23)cc1CN(CCCl)CCCl.Cl.Cl. The molecule has 0 aliphatic heterocycles. The van der Waals surface area contributed by atoms with E-state index in [1.54, 1.807) is 13.3 Å². The van der Waals surface area contributed by atoms with Crippen LogP contribution < -0.4 is 10.1 Å². The third kappa shape index (κ3) is 6.94. The van der Waals surface area contributed by atoms with Crippen LogP contribution in [0.15, 0.2) is 48.7 Å². The Balaban J connectivity index is 0.00000225. The van der Waals surface area contributed by atoms with Crippen LogP contribution in [0.3, 0.4) is 0 Å². The molecular formula is C21H24Cl5N3O. The highest BCUT2D eigenvalue weighted by atomic mass is 35.5. The van der Waals surface area contributed by atoms with Crippen molar-refractivity contribution in [2.24, 2.45) is 0 Å². The largest absolute Gasteiger partial charge is 0.496 e. The molecule has 30 heavy (non-hydrogen) atoms. The molecule has 3 rings (SSSR count). The number of aromatic nitrogens is 1. The molecule has 0 saturated heterocycles. The molecule has 0 fully saturated rings. The maximum atomic E-state index is 6.09. The van der Waals surface area contributed by atoms with Crippen molar-refractivity contribution in [3.8, 4) is 5.75 Å². The predicted molar refractivity (Wildman–Crippen MR) is 134 cm³/mol. The zero-order valence-electron chi connectivity index (χ0n) is 16.4. The Morgan fingerprint density at radius 1 is 1.00 bits per heavy atom. The lowest BCUT2D eigenvalue weighted by Gasteiger charge is -2.22. The summed E-state index contributed by atoms with van der Waals surface area (Å²) in [6.07, 6.45) is 1.77. The molecule has 0 radical (unpaired) electrons. The van der Waals surface area contributed by atoms with E-state index in [0.717, 1.165) is 46.7 Å². The van der Waals surface area contributed by atoms with Gasteiger partial charge < -0.3 is 10.1 Å². The molecule has 1 N–H and O–H groups in total. The number of hydrogen-bond donors (Lipinski definition) is 1. The van der Waals surface area contributed by atoms with Crippen LogP contribution in [0.1, 0.15) is 5.56 Å². The summed E-state index contributed by atoms with van der Waals surface area (Å²) < 4.78 is 5.55. The standard InChI is InChI=1S/C21H22Cl3N3O.2ClH/c1-28-21-5-3-17(12-15(21)14-27(10-7-22)11-8-23)26-19-6-9-25-20-13-16(24)2-4-18(19)20;;/h2-6,9,12-13H,7-8,10-11,14H2,1H3,(H,25,26);2*1H. The number of ether oxygens (including phenoxy) is 1. The van der Waals surface area contributed by atoms with Gasteiger partial charge in [0.15, 0.2) is 0 Å². The van der Waals surface area contributed by atoms with E-state index in [2.05, 4.69) is 21.3 Å². The molecule has 0 unspecified atom stereocenters. The fourth-order valence-electron chi connectivity index (χ4n) is 3.12. The Morgan fingerprint density at radius 3 is 2.40 bits per heavy atom. The first-order valence-corrected chi connectivity index (χ1v) is 10.4. The van der Waals surface area contributed by atoms with Gasteiger partial charge in [-0.05, 0) is 42.5 Å². The topological polar surface area (TPSA) is 37.4 Å². The minimum atomic E-state index is 0. The quantitative estimate of drug-likeness (QED) is 0.322. The number of methoxy groups -OCH3 is 1. The summed E-state index contributed by atoms with van der Waals surface area (Å²) >= 11 is 18.0. The molecule has 2 aromatic carbocycles. The molecule has 0 saturated carbocycles. The molecule has 0 atom stereocenters. The minimum Gasteiger partial charge on any atom is -0.496 e. The second kappa shape index (κ2) is 13.3. The number of anilines is 2. The number of fused-ring (bicyclic) bond motifs is 1. The average Bonchev–Trinajstić information content (AvgIpc) is 2.68. The van der Waals surface area contributed by atoms with E-state index in [0.29, 0.717) is 23.3 Å². The molecule has 9 heteroatoms. The number of rotatable bonds is 9. The summed E-state index contributed by atoms with van der Waals surface area (Å²) in [7, 11) is 1.68. The van der Waals surface area contributed by atoms with Crippen molar-refractivity contribution in [2.75, 3.05) is 37.3 Å². The zero-order chi connectivity index (χ0) is 19.9. The van der Waals surface area contributed by atoms with E-state index in [9.17, 15) is 0 Å². The molecule has 0 spiro atoms. The van der Waals surface area contributed by atoms with Crippen molar-refractivity contribution in [3.63, 3.8) is 0 Å². The van der Waals surface area contributed by atoms with Gasteiger partial charge in [0.1, 0.15) is 5.75 Å². The zero-order valence-corrected chi connectivity index (χ0v) is 20.3. The van der Waals surface area contributed by atoms with Crippen LogP contribution in [-0.2, 0) is 6.54 Å². The van der Waals surface area contributed by atoms with Gasteiger partial charge in [-0.1, -0.05) is 11.6 Å². The minimum absolute atomic E-state index is 0. The molecule has 0 aliphatic carbocycles. The number of halogens is 5. The Hall–Kier alpha value is -1.14. The fourth-order valence-corrected chi connectivity index (χ4v) is 3.76. The first-order chi connectivity index (χ1) is 13.6. The van der Waals surface area contributed by atoms with Crippen LogP contribution in [0.2, 0.25) is 5.02 Å². The molecule has 4 nitrogen and oxygen atoms in total. The van der Waals surface area contributed by atoms with E-state index in [-0.39, 0.29) is 24.8 Å². The molecular weight excluding hydrogens is 488 g/mol. The van der Waals surface area contributed by atoms with Gasteiger partial charge in [-0.25, -0.2) is 0 Å². The smallest absolute Gasteiger partial charge is 0.123 e. The van der Waals surface area contributed by atoms with Crippen LogP contribution in [0.4, 0.5) is 11.4 Å². The number of alkyl halides is 2. The Morgan fingerprint density at radius 2 is 1.73 bits per heavy atom. The predicted octanol–water partition coefficient (Wildman–Crippen LogP) is 6.76. The van der Waals surface area contributed by atoms with Gasteiger partial charge in [0.25, 0.3) is 0 Å². The van der Waals surface area contributed by atoms with E-state index in [4.69, 9.17) is 39.5 Å². The third-order valence-electron chi connectivity index (χ3n) is 4.46. The molecule has 0 amide bonds. The van der Waals surface area contributed by atoms with Crippen molar-refractivity contribution >= 4 is 81.9 Å². The highest BCUT2D eigenvalue weighted by Crippen LogP contribution is 2.30. The van der Waals surface area contributed by atoms with Gasteiger partial charge >= 0.3 is 0 Å². The molecule has 1 heterocycles. The van der Waals surface area contributed by atoms with E-state index in [1.165, 1.54) is 0 Å². The first-order valence-electron chi connectivity index (χ1n) is 8.97. The van der Waals surface area contributed by atoms with Crippen LogP contribution in [0.25, 0.3) is 10.9 Å². The molecule has 1 aromatic heterocycles. The van der Waals surface area contributed by atoms with Crippen LogP contribution in [0.5, 0.6) is 5.75 Å². The highest BCUT2D eigenvalue weighted by Gasteiger charge is 2.11. The number of hydrogen-bond acceptors (Lipinski definition) is 4. The molecule has 164 valence electrons. The molecule has 0 bridgehead atoms. The molecule has 3 aromatic rings. The number of pyridine rings is 1. The first kappa shape index (κ1) is 26.9. The van der Waals surface area contributed by atoms with Gasteiger partial charge in [0.05, 0.1) is 12.6 Å². The van der Waals surface area contributed by atoms with Gasteiger partial charge in [0.2, 0.25) is 0 Å². The van der Waals surface area contributed by atoms with E-state index < -0.39 is 0 Å². The van der Waals surface area contributed by atoms with Crippen molar-refractivity contribution in [2.45, 2.75) is 6.54 Å². The third-order valence-corrected chi connectivity index (χ3v) is 5.03. The van der Waals surface area contributed by atoms with Gasteiger partial charge in [-0.15, -0.1) is 48.0 Å². The van der Waals surface area contributed by atoms with Crippen LogP contribution in [-0.4, -0.2) is 41.8 Å². The Bertz CT molecular complexity index is 936. The maximum Gasteiger partial charge on any atom is 0.123 e. The summed E-state index contributed by atoms with van der Waals surface area (Å²) in [5.41, 5.74) is 3.86. The van der Waals surface area contributed by atoms with Gasteiger partial charge in [-0.2, -0.15) is 0 Å². The summed E-state index contributed by atoms with van der Waals surface area (Å²) in [6, 6.07) is 13.7. The second-order valence-corrected chi connectivity index (χ2v) is 7.52. The number of nitrogens with zero attached hydrogens (tertiary/aromatic N) is 2. The average molecular weight is 512 g/mol. The lowest BCUT2D eigenvalue weighted by Crippen LogP contribution is -2.27. The van der Waals surface area contributed by atoms with Crippen LogP contribution >= 0.6 is 59.6 Å². The van der Waals surface area contributed by atoms with Crippen molar-refractivity contribution in [1.82, 2.24) is 9.88 Å². The van der Waals surface area contributed by atoms with Crippen molar-refractivity contribution in [3.05, 3.63) is 59.2 Å². The number of nitrogens with one attached hydrogen (secondary N) is 1. The van der Waals surface area contributed by atoms with Gasteiger partial charge in [0, 0.05) is 64.9 Å². The van der Waals surface area contributed by atoms with E-state index in [1.807, 2.05) is 36.4 Å². The second-order valence-electron chi connectivity index (χ2n) is 6.33. The summed E-state index contributed by atoms with van der Waals surface area (Å²) in [6.45, 7) is 2.25. The summed E-state index contributed by atoms with van der Waals surface area (Å²) in [4.78, 5) is 6.61.